The normalized spacial score (nSPS) is 11.8. The van der Waals surface area contributed by atoms with Gasteiger partial charge in [-0.05, 0) is 48.9 Å². The van der Waals surface area contributed by atoms with E-state index in [9.17, 15) is 27.9 Å². The van der Waals surface area contributed by atoms with E-state index >= 15 is 0 Å². The molecule has 2 aromatic heterocycles. The molecule has 0 bridgehead atoms. The summed E-state index contributed by atoms with van der Waals surface area (Å²) in [6.07, 6.45) is -4.50. The first kappa shape index (κ1) is 22.6. The number of carboxylic acids is 1. The van der Waals surface area contributed by atoms with Crippen molar-refractivity contribution in [3.63, 3.8) is 0 Å². The number of fused-ring (bicyclic) bond motifs is 1. The van der Waals surface area contributed by atoms with Crippen LogP contribution in [0.3, 0.4) is 0 Å². The van der Waals surface area contributed by atoms with Crippen molar-refractivity contribution in [3.8, 4) is 11.3 Å². The maximum Gasteiger partial charge on any atom is 0.416 e. The van der Waals surface area contributed by atoms with Crippen LogP contribution in [0.15, 0.2) is 59.4 Å². The Morgan fingerprint density at radius 1 is 1.12 bits per heavy atom. The molecule has 0 aliphatic rings. The fourth-order valence-corrected chi connectivity index (χ4v) is 4.00. The average molecular weight is 476 g/mol. The first-order valence-electron chi connectivity index (χ1n) is 9.79. The van der Waals surface area contributed by atoms with Crippen molar-refractivity contribution in [2.24, 2.45) is 0 Å². The van der Waals surface area contributed by atoms with Crippen LogP contribution in [-0.4, -0.2) is 25.4 Å². The van der Waals surface area contributed by atoms with E-state index in [1.54, 1.807) is 29.7 Å². The summed E-state index contributed by atoms with van der Waals surface area (Å²) < 4.78 is 41.8. The summed E-state index contributed by atoms with van der Waals surface area (Å²) in [5.41, 5.74) is 1.16. The monoisotopic (exact) mass is 475 g/mol. The zero-order valence-electron chi connectivity index (χ0n) is 17.2. The van der Waals surface area contributed by atoms with Crippen molar-refractivity contribution in [2.45, 2.75) is 26.2 Å². The number of carbonyl (C=O) groups is 1. The summed E-state index contributed by atoms with van der Waals surface area (Å²) in [6.45, 7) is 1.29. The zero-order valence-corrected chi connectivity index (χ0v) is 18.0. The van der Waals surface area contributed by atoms with Gasteiger partial charge in [-0.1, -0.05) is 23.7 Å². The van der Waals surface area contributed by atoms with E-state index in [0.29, 0.717) is 32.9 Å². The Morgan fingerprint density at radius 3 is 2.58 bits per heavy atom. The summed E-state index contributed by atoms with van der Waals surface area (Å²) in [5.74, 6) is -1.03. The lowest BCUT2D eigenvalue weighted by molar-refractivity contribution is -0.138. The predicted octanol–water partition coefficient (Wildman–Crippen LogP) is 4.98. The average Bonchev–Trinajstić information content (AvgIpc) is 2.99. The van der Waals surface area contributed by atoms with Crippen LogP contribution < -0.4 is 5.56 Å². The van der Waals surface area contributed by atoms with E-state index in [-0.39, 0.29) is 18.7 Å². The summed E-state index contributed by atoms with van der Waals surface area (Å²) in [7, 11) is 0. The summed E-state index contributed by atoms with van der Waals surface area (Å²) in [4.78, 5) is 23.8. The zero-order chi connectivity index (χ0) is 23.9. The van der Waals surface area contributed by atoms with Crippen molar-refractivity contribution < 1.29 is 23.1 Å². The number of halogens is 4. The molecule has 170 valence electrons. The number of alkyl halides is 3. The first-order chi connectivity index (χ1) is 15.5. The largest absolute Gasteiger partial charge is 0.480 e. The SMILES string of the molecule is Cc1c(-c2ccc(=O)n(Cc3cccc(C(F)(F)F)c3)n2)c2cc(Cl)ccc2n1CC(=O)O. The smallest absolute Gasteiger partial charge is 0.416 e. The molecule has 0 saturated carbocycles. The third-order valence-electron chi connectivity index (χ3n) is 5.29. The molecule has 2 aromatic carbocycles. The second kappa shape index (κ2) is 8.40. The number of nitrogens with zero attached hydrogens (tertiary/aromatic N) is 3. The minimum atomic E-state index is -4.50. The van der Waals surface area contributed by atoms with Gasteiger partial charge >= 0.3 is 12.1 Å². The molecule has 0 amide bonds. The number of carboxylic acid groups (broad SMARTS) is 1. The molecule has 2 heterocycles. The lowest BCUT2D eigenvalue weighted by Gasteiger charge is -2.11. The molecule has 0 aliphatic carbocycles. The van der Waals surface area contributed by atoms with Crippen LogP contribution in [0.4, 0.5) is 13.2 Å². The van der Waals surface area contributed by atoms with Crippen LogP contribution in [0.1, 0.15) is 16.8 Å². The van der Waals surface area contributed by atoms with Gasteiger partial charge in [-0.25, -0.2) is 4.68 Å². The van der Waals surface area contributed by atoms with Gasteiger partial charge in [0.15, 0.2) is 0 Å². The number of hydrogen-bond donors (Lipinski definition) is 1. The molecular formula is C23H17ClF3N3O3. The van der Waals surface area contributed by atoms with Crippen molar-refractivity contribution >= 4 is 28.5 Å². The lowest BCUT2D eigenvalue weighted by atomic mass is 10.1. The van der Waals surface area contributed by atoms with Gasteiger partial charge in [0.05, 0.1) is 17.8 Å². The lowest BCUT2D eigenvalue weighted by Crippen LogP contribution is -2.23. The van der Waals surface area contributed by atoms with Crippen molar-refractivity contribution in [1.29, 1.82) is 0 Å². The summed E-state index contributed by atoms with van der Waals surface area (Å²) >= 11 is 6.17. The Labute approximate surface area is 190 Å². The third kappa shape index (κ3) is 4.49. The van der Waals surface area contributed by atoms with Crippen molar-refractivity contribution in [3.05, 3.63) is 86.8 Å². The molecule has 33 heavy (non-hydrogen) atoms. The van der Waals surface area contributed by atoms with Crippen molar-refractivity contribution in [2.75, 3.05) is 0 Å². The standard InChI is InChI=1S/C23H17ClF3N3O3/c1-13-22(17-10-16(24)5-7-19(17)29(13)12-21(32)33)18-6-8-20(31)30(28-18)11-14-3-2-4-15(9-14)23(25,26)27/h2-10H,11-12H2,1H3,(H,32,33). The topological polar surface area (TPSA) is 77.1 Å². The number of benzene rings is 2. The molecule has 10 heteroatoms. The van der Waals surface area contributed by atoms with Crippen LogP contribution in [0.25, 0.3) is 22.2 Å². The van der Waals surface area contributed by atoms with Crippen LogP contribution >= 0.6 is 11.6 Å². The second-order valence-corrected chi connectivity index (χ2v) is 7.95. The third-order valence-corrected chi connectivity index (χ3v) is 5.52. The summed E-state index contributed by atoms with van der Waals surface area (Å²) in [5, 5.41) is 14.8. The van der Waals surface area contributed by atoms with Gasteiger partial charge in [-0.2, -0.15) is 18.3 Å². The molecule has 4 rings (SSSR count). The van der Waals surface area contributed by atoms with Gasteiger partial charge in [-0.15, -0.1) is 0 Å². The minimum Gasteiger partial charge on any atom is -0.480 e. The molecule has 0 atom stereocenters. The molecule has 0 aliphatic heterocycles. The summed E-state index contributed by atoms with van der Waals surface area (Å²) in [6, 6.07) is 12.5. The maximum atomic E-state index is 13.1. The van der Waals surface area contributed by atoms with Gasteiger partial charge in [0.2, 0.25) is 0 Å². The van der Waals surface area contributed by atoms with E-state index in [4.69, 9.17) is 11.6 Å². The molecule has 0 unspecified atom stereocenters. The van der Waals surface area contributed by atoms with Crippen LogP contribution in [0, 0.1) is 6.92 Å². The maximum absolute atomic E-state index is 13.1. The van der Waals surface area contributed by atoms with E-state index in [1.807, 2.05) is 0 Å². The molecule has 4 aromatic rings. The Hall–Kier alpha value is -3.59. The molecule has 0 radical (unpaired) electrons. The number of rotatable bonds is 5. The quantitative estimate of drug-likeness (QED) is 0.441. The highest BCUT2D eigenvalue weighted by Crippen LogP contribution is 2.35. The predicted molar refractivity (Wildman–Crippen MR) is 117 cm³/mol. The van der Waals surface area contributed by atoms with Gasteiger partial charge in [0, 0.05) is 33.2 Å². The second-order valence-electron chi connectivity index (χ2n) is 7.51. The van der Waals surface area contributed by atoms with E-state index < -0.39 is 23.3 Å². The van der Waals surface area contributed by atoms with Gasteiger partial charge in [-0.3, -0.25) is 9.59 Å². The van der Waals surface area contributed by atoms with Crippen molar-refractivity contribution in [1.82, 2.24) is 14.3 Å². The fourth-order valence-electron chi connectivity index (χ4n) is 3.83. The Morgan fingerprint density at radius 2 is 1.88 bits per heavy atom. The molecular weight excluding hydrogens is 459 g/mol. The highest BCUT2D eigenvalue weighted by atomic mass is 35.5. The van der Waals surface area contributed by atoms with Crippen LogP contribution in [0.5, 0.6) is 0 Å². The first-order valence-corrected chi connectivity index (χ1v) is 10.2. The van der Waals surface area contributed by atoms with Gasteiger partial charge in [0.1, 0.15) is 6.54 Å². The highest BCUT2D eigenvalue weighted by molar-refractivity contribution is 6.31. The Bertz CT molecular complexity index is 1440. The highest BCUT2D eigenvalue weighted by Gasteiger charge is 2.30. The molecule has 0 fully saturated rings. The molecule has 1 N–H and O–H groups in total. The molecule has 6 nitrogen and oxygen atoms in total. The van der Waals surface area contributed by atoms with Gasteiger partial charge < -0.3 is 9.67 Å². The van der Waals surface area contributed by atoms with Crippen LogP contribution in [0.2, 0.25) is 5.02 Å². The van der Waals surface area contributed by atoms with Crippen LogP contribution in [-0.2, 0) is 24.1 Å². The number of hydrogen-bond acceptors (Lipinski definition) is 3. The fraction of sp³-hybridized carbons (Fsp3) is 0.174. The van der Waals surface area contributed by atoms with E-state index in [2.05, 4.69) is 5.10 Å². The minimum absolute atomic E-state index is 0.163. The number of aliphatic carboxylic acids is 1. The van der Waals surface area contributed by atoms with E-state index in [1.165, 1.54) is 24.3 Å². The Kier molecular flexibility index (Phi) is 5.75. The van der Waals surface area contributed by atoms with E-state index in [0.717, 1.165) is 16.8 Å². The molecule has 0 saturated heterocycles. The molecule has 0 spiro atoms. The number of aromatic nitrogens is 3. The van der Waals surface area contributed by atoms with Gasteiger partial charge in [0.25, 0.3) is 5.56 Å². The Balaban J connectivity index is 1.83.